The highest BCUT2D eigenvalue weighted by atomic mass is 35.5. The molecule has 4 N–H and O–H groups in total. The summed E-state index contributed by atoms with van der Waals surface area (Å²) >= 11 is 6.34. The third kappa shape index (κ3) is 13.4. The third-order valence-electron chi connectivity index (χ3n) is 6.68. The van der Waals surface area contributed by atoms with Crippen LogP contribution in [0, 0.1) is 0 Å². The number of hydrogen-bond acceptors (Lipinski definition) is 10. The molecule has 2 aromatic carbocycles. The smallest absolute Gasteiger partial charge is 0.339 e. The van der Waals surface area contributed by atoms with Gasteiger partial charge in [-0.1, -0.05) is 23.7 Å². The normalized spacial score (nSPS) is 14.5. The van der Waals surface area contributed by atoms with Crippen molar-refractivity contribution < 1.29 is 58.7 Å². The van der Waals surface area contributed by atoms with Crippen molar-refractivity contribution in [3.63, 3.8) is 0 Å². The van der Waals surface area contributed by atoms with E-state index in [9.17, 15) is 53.9 Å². The second-order valence-corrected chi connectivity index (χ2v) is 11.0. The molecule has 2 aliphatic rings. The second-order valence-electron chi connectivity index (χ2n) is 10.6. The zero-order chi connectivity index (χ0) is 38.0. The number of fused-ring (bicyclic) bond motifs is 6. The van der Waals surface area contributed by atoms with Crippen LogP contribution in [0.2, 0.25) is 5.02 Å². The first-order chi connectivity index (χ1) is 23.7. The van der Waals surface area contributed by atoms with E-state index in [1.54, 1.807) is 6.20 Å². The number of piperazine rings is 1. The van der Waals surface area contributed by atoms with Gasteiger partial charge in [-0.3, -0.25) is 24.1 Å². The summed E-state index contributed by atoms with van der Waals surface area (Å²) in [4.78, 5) is 51.7. The number of halogens is 10. The molecule has 1 saturated heterocycles. The van der Waals surface area contributed by atoms with E-state index in [0.717, 1.165) is 61.6 Å². The fourth-order valence-electron chi connectivity index (χ4n) is 4.38. The van der Waals surface area contributed by atoms with Crippen LogP contribution < -0.4 is 21.3 Å². The van der Waals surface area contributed by atoms with E-state index in [1.807, 2.05) is 30.3 Å². The van der Waals surface area contributed by atoms with Gasteiger partial charge < -0.3 is 21.3 Å². The number of rotatable bonds is 4. The van der Waals surface area contributed by atoms with Crippen LogP contribution in [0.25, 0.3) is 0 Å². The molecule has 51 heavy (non-hydrogen) atoms. The van der Waals surface area contributed by atoms with Crippen LogP contribution in [0.15, 0.2) is 48.7 Å². The number of aldehydes is 1. The van der Waals surface area contributed by atoms with Crippen molar-refractivity contribution in [2.24, 2.45) is 0 Å². The molecule has 1 fully saturated rings. The topological polar surface area (TPSA) is 145 Å². The lowest BCUT2D eigenvalue weighted by Crippen LogP contribution is -2.46. The molecule has 276 valence electrons. The van der Waals surface area contributed by atoms with Gasteiger partial charge in [0, 0.05) is 43.2 Å². The number of amides is 1. The molecule has 0 radical (unpaired) electrons. The van der Waals surface area contributed by atoms with Crippen LogP contribution >= 0.6 is 11.6 Å². The number of alkyl halides is 9. The van der Waals surface area contributed by atoms with Crippen LogP contribution in [0.1, 0.15) is 11.1 Å². The van der Waals surface area contributed by atoms with Gasteiger partial charge in [-0.05, 0) is 54.3 Å². The predicted molar refractivity (Wildman–Crippen MR) is 166 cm³/mol. The molecule has 3 heterocycles. The molecule has 6 bridgehead atoms. The standard InChI is InChI=1S/C24H26ClN7O.C4F6O2.C2HF3O/c25-20-14-27-24-29-18-3-1-2-16(12-18)4-5-17-13-19(28-23(20)31-24)6-7-21(17)30-22(33)15-32-10-8-26-9-11-32;5-3(6,7)1(11)2(12)4(8,9)10;3-2(4,5)1-6/h1-3,6-7,12-14,26H,4-5,8-11,15H2,(H,30,33)(H2,27,28,29,31);;1H. The minimum atomic E-state index is -5.77. The Hall–Kier alpha value is -4.82. The van der Waals surface area contributed by atoms with E-state index in [4.69, 9.17) is 16.4 Å². The zero-order valence-corrected chi connectivity index (χ0v) is 26.7. The van der Waals surface area contributed by atoms with Crippen molar-refractivity contribution in [1.29, 1.82) is 0 Å². The number of nitrogens with zero attached hydrogens (tertiary/aromatic N) is 3. The molecule has 0 unspecified atom stereocenters. The van der Waals surface area contributed by atoms with Crippen LogP contribution in [0.3, 0.4) is 0 Å². The Kier molecular flexibility index (Phi) is 13.9. The monoisotopic (exact) mass is 755 g/mol. The first-order valence-electron chi connectivity index (χ1n) is 14.5. The Bertz CT molecular complexity index is 1690. The van der Waals surface area contributed by atoms with E-state index >= 15 is 0 Å². The van der Waals surface area contributed by atoms with E-state index in [0.29, 0.717) is 23.3 Å². The summed E-state index contributed by atoms with van der Waals surface area (Å²) in [6.07, 6.45) is -14.1. The summed E-state index contributed by atoms with van der Waals surface area (Å²) < 4.78 is 98.2. The highest BCUT2D eigenvalue weighted by molar-refractivity contribution is 6.41. The highest BCUT2D eigenvalue weighted by Gasteiger charge is 2.54. The van der Waals surface area contributed by atoms with Gasteiger partial charge in [-0.2, -0.15) is 44.5 Å². The molecule has 3 aromatic rings. The van der Waals surface area contributed by atoms with Crippen LogP contribution in [0.5, 0.6) is 0 Å². The number of carbonyl (C=O) groups is 4. The summed E-state index contributed by atoms with van der Waals surface area (Å²) in [6, 6.07) is 14.1. The summed E-state index contributed by atoms with van der Waals surface area (Å²) in [7, 11) is 0. The van der Waals surface area contributed by atoms with Crippen LogP contribution in [-0.4, -0.2) is 89.9 Å². The van der Waals surface area contributed by atoms with E-state index in [1.165, 1.54) is 5.56 Å². The molecule has 0 aliphatic carbocycles. The fraction of sp³-hybridized carbons (Fsp3) is 0.333. The average molecular weight is 756 g/mol. The third-order valence-corrected chi connectivity index (χ3v) is 6.96. The second kappa shape index (κ2) is 17.4. The predicted octanol–water partition coefficient (Wildman–Crippen LogP) is 5.56. The first-order valence-corrected chi connectivity index (χ1v) is 14.9. The van der Waals surface area contributed by atoms with Crippen LogP contribution in [0.4, 0.5) is 68.3 Å². The summed E-state index contributed by atoms with van der Waals surface area (Å²) in [5.41, 5.74) is 4.83. The lowest BCUT2D eigenvalue weighted by molar-refractivity contribution is -0.193. The highest BCUT2D eigenvalue weighted by Crippen LogP contribution is 2.30. The Morgan fingerprint density at radius 2 is 1.47 bits per heavy atom. The van der Waals surface area contributed by atoms with Crippen molar-refractivity contribution in [2.45, 2.75) is 31.4 Å². The maximum atomic E-state index is 12.7. The van der Waals surface area contributed by atoms with E-state index in [-0.39, 0.29) is 5.91 Å². The lowest BCUT2D eigenvalue weighted by atomic mass is 10.0. The minimum absolute atomic E-state index is 0.00598. The Labute approximate surface area is 287 Å². The molecule has 5 rings (SSSR count). The molecule has 1 amide bonds. The largest absolute Gasteiger partial charge is 0.458 e. The average Bonchev–Trinajstić information content (AvgIpc) is 3.05. The lowest BCUT2D eigenvalue weighted by Gasteiger charge is -2.26. The van der Waals surface area contributed by atoms with Crippen molar-refractivity contribution in [2.75, 3.05) is 48.7 Å². The van der Waals surface area contributed by atoms with Crippen molar-refractivity contribution in [1.82, 2.24) is 20.2 Å². The van der Waals surface area contributed by atoms with Crippen LogP contribution in [-0.2, 0) is 32.0 Å². The summed E-state index contributed by atoms with van der Waals surface area (Å²) in [6.45, 7) is 4.00. The SMILES string of the molecule is O=C(C(=O)C(F)(F)F)C(F)(F)F.O=C(CN1CCNCC1)Nc1ccc2cc1CCc1cccc(c1)Nc1ncc(Cl)c(n1)N2.O=CC(F)(F)F. The summed E-state index contributed by atoms with van der Waals surface area (Å²) in [5, 5.41) is 13.4. The Morgan fingerprint density at radius 1 is 0.863 bits per heavy atom. The van der Waals surface area contributed by atoms with Gasteiger partial charge in [0.2, 0.25) is 18.1 Å². The number of ketones is 2. The van der Waals surface area contributed by atoms with Crippen molar-refractivity contribution >= 4 is 64.2 Å². The van der Waals surface area contributed by atoms with Gasteiger partial charge in [0.25, 0.3) is 0 Å². The molecule has 1 aromatic heterocycles. The van der Waals surface area contributed by atoms with Crippen molar-refractivity contribution in [3.8, 4) is 0 Å². The number of nitrogens with one attached hydrogen (secondary N) is 4. The van der Waals surface area contributed by atoms with Gasteiger partial charge in [0.05, 0.1) is 12.7 Å². The van der Waals surface area contributed by atoms with E-state index in [2.05, 4.69) is 48.3 Å². The van der Waals surface area contributed by atoms with E-state index < -0.39 is 36.4 Å². The molecule has 11 nitrogen and oxygen atoms in total. The minimum Gasteiger partial charge on any atom is -0.339 e. The number of anilines is 5. The molecule has 21 heteroatoms. The molecular weight excluding hydrogens is 729 g/mol. The van der Waals surface area contributed by atoms with Gasteiger partial charge in [0.1, 0.15) is 5.02 Å². The maximum absolute atomic E-state index is 12.7. The Balaban J connectivity index is 0.000000324. The quantitative estimate of drug-likeness (QED) is 0.152. The number of benzene rings is 2. The van der Waals surface area contributed by atoms with Gasteiger partial charge in [0.15, 0.2) is 5.82 Å². The first kappa shape index (κ1) is 40.6. The molecule has 0 saturated carbocycles. The zero-order valence-electron chi connectivity index (χ0n) is 25.9. The molecule has 0 atom stereocenters. The van der Waals surface area contributed by atoms with Gasteiger partial charge >= 0.3 is 30.1 Å². The number of carbonyl (C=O) groups excluding carboxylic acids is 4. The van der Waals surface area contributed by atoms with Gasteiger partial charge in [-0.25, -0.2) is 4.98 Å². The fourth-order valence-corrected chi connectivity index (χ4v) is 4.52. The van der Waals surface area contributed by atoms with Crippen molar-refractivity contribution in [3.05, 3.63) is 64.8 Å². The number of aryl methyl sites for hydroxylation is 2. The summed E-state index contributed by atoms with van der Waals surface area (Å²) in [5.74, 6) is -5.82. The Morgan fingerprint density at radius 3 is 2.06 bits per heavy atom. The number of aromatic nitrogens is 2. The number of hydrogen-bond donors (Lipinski definition) is 4. The molecule has 2 aliphatic heterocycles. The van der Waals surface area contributed by atoms with Gasteiger partial charge in [-0.15, -0.1) is 0 Å². The molecular formula is C30H27ClF9N7O4. The molecule has 0 spiro atoms. The maximum Gasteiger partial charge on any atom is 0.458 e. The number of Topliss-reactive ketones (excluding diaryl/α,β-unsaturated/α-hetero) is 2.